The van der Waals surface area contributed by atoms with Crippen molar-refractivity contribution in [3.8, 4) is 0 Å². The maximum atomic E-state index is 3.42. The smallest absolute Gasteiger partial charge is 0.0472 e. The monoisotopic (exact) mass is 220 g/mol. The summed E-state index contributed by atoms with van der Waals surface area (Å²) in [5.41, 5.74) is 1.36. The average molecular weight is 220 g/mol. The summed E-state index contributed by atoms with van der Waals surface area (Å²) >= 11 is 0. The van der Waals surface area contributed by atoms with Gasteiger partial charge in [-0.05, 0) is 39.5 Å². The second-order valence-corrected chi connectivity index (χ2v) is 4.40. The van der Waals surface area contributed by atoms with Crippen LogP contribution in [0.1, 0.15) is 31.9 Å². The van der Waals surface area contributed by atoms with E-state index >= 15 is 0 Å². The lowest BCUT2D eigenvalue weighted by Crippen LogP contribution is -2.40. The van der Waals surface area contributed by atoms with Crippen LogP contribution in [0.25, 0.3) is 0 Å². The zero-order valence-corrected chi connectivity index (χ0v) is 10.9. The number of benzene rings is 1. The Balaban J connectivity index is 2.74. The van der Waals surface area contributed by atoms with Crippen LogP contribution in [0.4, 0.5) is 0 Å². The Morgan fingerprint density at radius 1 is 1.25 bits per heavy atom. The molecular formula is C14H24N2. The van der Waals surface area contributed by atoms with Crippen LogP contribution >= 0.6 is 0 Å². The van der Waals surface area contributed by atoms with Gasteiger partial charge >= 0.3 is 0 Å². The lowest BCUT2D eigenvalue weighted by atomic mass is 9.99. The molecule has 2 unspecified atom stereocenters. The highest BCUT2D eigenvalue weighted by Gasteiger charge is 2.20. The maximum Gasteiger partial charge on any atom is 0.0472 e. The molecular weight excluding hydrogens is 196 g/mol. The minimum atomic E-state index is 0.401. The van der Waals surface area contributed by atoms with Crippen LogP contribution in [0.2, 0.25) is 0 Å². The predicted octanol–water partition coefficient (Wildman–Crippen LogP) is 2.68. The van der Waals surface area contributed by atoms with E-state index in [9.17, 15) is 0 Å². The van der Waals surface area contributed by atoms with Crippen molar-refractivity contribution in [2.24, 2.45) is 0 Å². The van der Waals surface area contributed by atoms with E-state index in [4.69, 9.17) is 0 Å². The molecule has 90 valence electrons. The number of nitrogens with zero attached hydrogens (tertiary/aromatic N) is 1. The molecule has 0 bridgehead atoms. The first kappa shape index (κ1) is 13.2. The van der Waals surface area contributed by atoms with Crippen molar-refractivity contribution in [2.45, 2.75) is 32.4 Å². The molecule has 0 radical (unpaired) electrons. The van der Waals surface area contributed by atoms with Gasteiger partial charge in [-0.2, -0.15) is 0 Å². The van der Waals surface area contributed by atoms with Crippen molar-refractivity contribution < 1.29 is 0 Å². The molecule has 1 rings (SSSR count). The van der Waals surface area contributed by atoms with Gasteiger partial charge in [0, 0.05) is 12.1 Å². The van der Waals surface area contributed by atoms with Crippen LogP contribution in [0.15, 0.2) is 30.3 Å². The van der Waals surface area contributed by atoms with Crippen LogP contribution < -0.4 is 5.32 Å². The van der Waals surface area contributed by atoms with E-state index < -0.39 is 0 Å². The van der Waals surface area contributed by atoms with Crippen molar-refractivity contribution in [2.75, 3.05) is 20.6 Å². The number of nitrogens with one attached hydrogen (secondary N) is 1. The first-order valence-corrected chi connectivity index (χ1v) is 6.13. The largest absolute Gasteiger partial charge is 0.312 e. The second-order valence-electron chi connectivity index (χ2n) is 4.40. The molecule has 16 heavy (non-hydrogen) atoms. The molecule has 0 fully saturated rings. The van der Waals surface area contributed by atoms with E-state index in [1.165, 1.54) is 12.0 Å². The van der Waals surface area contributed by atoms with Gasteiger partial charge in [-0.15, -0.1) is 0 Å². The molecule has 0 aliphatic heterocycles. The highest BCUT2D eigenvalue weighted by atomic mass is 15.2. The van der Waals surface area contributed by atoms with Gasteiger partial charge in [-0.3, -0.25) is 0 Å². The van der Waals surface area contributed by atoms with Crippen molar-refractivity contribution in [3.05, 3.63) is 35.9 Å². The topological polar surface area (TPSA) is 15.3 Å². The first-order valence-electron chi connectivity index (χ1n) is 6.13. The molecule has 0 saturated heterocycles. The van der Waals surface area contributed by atoms with E-state index in [1.807, 2.05) is 7.05 Å². The van der Waals surface area contributed by atoms with Gasteiger partial charge < -0.3 is 10.2 Å². The molecule has 0 amide bonds. The summed E-state index contributed by atoms with van der Waals surface area (Å²) in [4.78, 5) is 2.41. The van der Waals surface area contributed by atoms with Gasteiger partial charge in [0.05, 0.1) is 0 Å². The lowest BCUT2D eigenvalue weighted by Gasteiger charge is -2.32. The first-order chi connectivity index (χ1) is 7.70. The van der Waals surface area contributed by atoms with E-state index in [-0.39, 0.29) is 0 Å². The van der Waals surface area contributed by atoms with Crippen LogP contribution in [0.5, 0.6) is 0 Å². The van der Waals surface area contributed by atoms with Gasteiger partial charge in [0.15, 0.2) is 0 Å². The number of likely N-dealkylation sites (N-methyl/N-ethyl adjacent to an activating group) is 2. The Labute approximate surface area is 99.7 Å². The minimum Gasteiger partial charge on any atom is -0.312 e. The standard InChI is InChI=1S/C14H24N2/c1-5-11-16(4)12(2)14(15-3)13-9-7-6-8-10-13/h6-10,12,14-15H,5,11H2,1-4H3. The van der Waals surface area contributed by atoms with Gasteiger partial charge in [0.1, 0.15) is 0 Å². The van der Waals surface area contributed by atoms with E-state index in [1.54, 1.807) is 0 Å². The maximum absolute atomic E-state index is 3.42. The summed E-state index contributed by atoms with van der Waals surface area (Å²) in [7, 11) is 4.23. The molecule has 1 aromatic rings. The summed E-state index contributed by atoms with van der Waals surface area (Å²) in [6.45, 7) is 5.65. The van der Waals surface area contributed by atoms with Crippen LogP contribution in [-0.2, 0) is 0 Å². The molecule has 0 aromatic heterocycles. The summed E-state index contributed by atoms with van der Waals surface area (Å²) in [5, 5.41) is 3.42. The summed E-state index contributed by atoms with van der Waals surface area (Å²) in [6, 6.07) is 11.6. The summed E-state index contributed by atoms with van der Waals surface area (Å²) in [5.74, 6) is 0. The van der Waals surface area contributed by atoms with Gasteiger partial charge in [0.2, 0.25) is 0 Å². The van der Waals surface area contributed by atoms with Gasteiger partial charge in [0.25, 0.3) is 0 Å². The van der Waals surface area contributed by atoms with Crippen LogP contribution in [0, 0.1) is 0 Å². The summed E-state index contributed by atoms with van der Waals surface area (Å²) in [6.07, 6.45) is 1.20. The van der Waals surface area contributed by atoms with Crippen LogP contribution in [0.3, 0.4) is 0 Å². The molecule has 2 heteroatoms. The van der Waals surface area contributed by atoms with E-state index in [0.717, 1.165) is 6.54 Å². The molecule has 0 aliphatic rings. The third-order valence-electron chi connectivity index (χ3n) is 3.22. The third-order valence-corrected chi connectivity index (χ3v) is 3.22. The molecule has 2 atom stereocenters. The zero-order chi connectivity index (χ0) is 12.0. The molecule has 0 aliphatic carbocycles. The number of rotatable bonds is 6. The minimum absolute atomic E-state index is 0.401. The molecule has 0 saturated carbocycles. The predicted molar refractivity (Wildman–Crippen MR) is 70.6 cm³/mol. The average Bonchev–Trinajstić information content (AvgIpc) is 2.31. The van der Waals surface area contributed by atoms with Gasteiger partial charge in [-0.25, -0.2) is 0 Å². The Morgan fingerprint density at radius 3 is 2.38 bits per heavy atom. The lowest BCUT2D eigenvalue weighted by molar-refractivity contribution is 0.212. The highest BCUT2D eigenvalue weighted by molar-refractivity contribution is 5.20. The van der Waals surface area contributed by atoms with Crippen molar-refractivity contribution in [3.63, 3.8) is 0 Å². The Kier molecular flexibility index (Phi) is 5.50. The molecule has 2 nitrogen and oxygen atoms in total. The SMILES string of the molecule is CCCN(C)C(C)C(NC)c1ccccc1. The molecule has 0 heterocycles. The second kappa shape index (κ2) is 6.66. The zero-order valence-electron chi connectivity index (χ0n) is 10.9. The number of hydrogen-bond donors (Lipinski definition) is 1. The fourth-order valence-electron chi connectivity index (χ4n) is 2.16. The van der Waals surface area contributed by atoms with Gasteiger partial charge in [-0.1, -0.05) is 37.3 Å². The Hall–Kier alpha value is -0.860. The van der Waals surface area contributed by atoms with Crippen LogP contribution in [-0.4, -0.2) is 31.6 Å². The normalized spacial score (nSPS) is 15.1. The van der Waals surface area contributed by atoms with Crippen molar-refractivity contribution in [1.29, 1.82) is 0 Å². The molecule has 1 N–H and O–H groups in total. The summed E-state index contributed by atoms with van der Waals surface area (Å²) < 4.78 is 0. The van der Waals surface area contributed by atoms with E-state index in [2.05, 4.69) is 61.4 Å². The Morgan fingerprint density at radius 2 is 1.88 bits per heavy atom. The Bertz CT molecular complexity index is 284. The quantitative estimate of drug-likeness (QED) is 0.793. The molecule has 1 aromatic carbocycles. The third kappa shape index (κ3) is 3.32. The van der Waals surface area contributed by atoms with E-state index in [0.29, 0.717) is 12.1 Å². The number of hydrogen-bond acceptors (Lipinski definition) is 2. The fraction of sp³-hybridized carbons (Fsp3) is 0.571. The fourth-order valence-corrected chi connectivity index (χ4v) is 2.16. The molecule has 0 spiro atoms. The van der Waals surface area contributed by atoms with Crippen molar-refractivity contribution in [1.82, 2.24) is 10.2 Å². The highest BCUT2D eigenvalue weighted by Crippen LogP contribution is 2.19. The van der Waals surface area contributed by atoms with Crippen molar-refractivity contribution >= 4 is 0 Å².